The Morgan fingerprint density at radius 3 is 2.79 bits per heavy atom. The third kappa shape index (κ3) is 4.78. The lowest BCUT2D eigenvalue weighted by atomic mass is 9.95. The van der Waals surface area contributed by atoms with E-state index in [2.05, 4.69) is 21.8 Å². The lowest BCUT2D eigenvalue weighted by Crippen LogP contribution is -2.31. The van der Waals surface area contributed by atoms with Gasteiger partial charge in [-0.15, -0.1) is 0 Å². The van der Waals surface area contributed by atoms with E-state index in [0.717, 1.165) is 42.5 Å². The Labute approximate surface area is 228 Å². The number of rotatable bonds is 9. The van der Waals surface area contributed by atoms with Crippen LogP contribution in [-0.4, -0.2) is 62.3 Å². The van der Waals surface area contributed by atoms with Crippen molar-refractivity contribution in [2.75, 3.05) is 40.4 Å². The molecule has 8 heteroatoms. The molecule has 39 heavy (non-hydrogen) atoms. The van der Waals surface area contributed by atoms with Crippen LogP contribution in [0.25, 0.3) is 10.9 Å². The van der Waals surface area contributed by atoms with Gasteiger partial charge in [-0.3, -0.25) is 14.7 Å². The van der Waals surface area contributed by atoms with Crippen molar-refractivity contribution < 1.29 is 23.7 Å². The minimum Gasteiger partial charge on any atom is -0.493 e. The van der Waals surface area contributed by atoms with Crippen molar-refractivity contribution in [3.63, 3.8) is 0 Å². The van der Waals surface area contributed by atoms with Crippen LogP contribution in [0.4, 0.5) is 0 Å². The van der Waals surface area contributed by atoms with Gasteiger partial charge in [0.05, 0.1) is 19.2 Å². The van der Waals surface area contributed by atoms with E-state index in [1.54, 1.807) is 20.4 Å². The molecule has 1 aromatic heterocycles. The summed E-state index contributed by atoms with van der Waals surface area (Å²) in [6, 6.07) is 11.2. The summed E-state index contributed by atoms with van der Waals surface area (Å²) in [4.78, 5) is 19.4. The van der Waals surface area contributed by atoms with Crippen LogP contribution in [0.15, 0.2) is 54.7 Å². The standard InChI is InChI=1S/C31H35N3O5/c1-19-17-34(18-31(19)9-10-31)12-5-13-37-28-16-24-23(15-27(28)36-4)25(8-11-33-24)39-21-6-7-22-26(14-21)38-20(2)29(22)30(35)32-3/h6-8,11,14-16,20,29H,1,5,9-10,12-13,17-18H2,2-4H3,(H,32,35). The molecule has 3 aliphatic rings. The van der Waals surface area contributed by atoms with Crippen molar-refractivity contribution in [1.82, 2.24) is 15.2 Å². The number of hydrogen-bond donors (Lipinski definition) is 1. The quantitative estimate of drug-likeness (QED) is 0.306. The zero-order valence-electron chi connectivity index (χ0n) is 22.8. The molecule has 2 aliphatic heterocycles. The molecule has 1 saturated carbocycles. The average Bonchev–Trinajstić information content (AvgIpc) is 3.55. The fourth-order valence-corrected chi connectivity index (χ4v) is 5.91. The topological polar surface area (TPSA) is 82.2 Å². The van der Waals surface area contributed by atoms with Gasteiger partial charge in [0.15, 0.2) is 11.5 Å². The Morgan fingerprint density at radius 2 is 2.05 bits per heavy atom. The predicted molar refractivity (Wildman–Crippen MR) is 149 cm³/mol. The second-order valence-electron chi connectivity index (χ2n) is 10.8. The normalized spacial score (nSPS) is 21.1. The molecule has 6 rings (SSSR count). The number of fused-ring (bicyclic) bond motifs is 2. The van der Waals surface area contributed by atoms with Gasteiger partial charge in [-0.1, -0.05) is 18.2 Å². The van der Waals surface area contributed by atoms with E-state index in [0.29, 0.717) is 40.8 Å². The molecule has 3 heterocycles. The first-order valence-electron chi connectivity index (χ1n) is 13.6. The van der Waals surface area contributed by atoms with Crippen molar-refractivity contribution >= 4 is 16.8 Å². The molecule has 0 radical (unpaired) electrons. The lowest BCUT2D eigenvalue weighted by molar-refractivity contribution is -0.123. The van der Waals surface area contributed by atoms with Crippen LogP contribution in [0.3, 0.4) is 0 Å². The van der Waals surface area contributed by atoms with Crippen LogP contribution in [0.2, 0.25) is 0 Å². The van der Waals surface area contributed by atoms with Gasteiger partial charge in [0.1, 0.15) is 29.3 Å². The van der Waals surface area contributed by atoms with Crippen molar-refractivity contribution in [1.29, 1.82) is 0 Å². The number of aromatic nitrogens is 1. The minimum atomic E-state index is -0.340. The molecule has 1 spiro atoms. The van der Waals surface area contributed by atoms with Gasteiger partial charge in [0.25, 0.3) is 0 Å². The van der Waals surface area contributed by atoms with Gasteiger partial charge >= 0.3 is 0 Å². The second-order valence-corrected chi connectivity index (χ2v) is 10.8. The summed E-state index contributed by atoms with van der Waals surface area (Å²) in [6.45, 7) is 9.93. The molecule has 1 aliphatic carbocycles. The Hall–Kier alpha value is -3.78. The number of likely N-dealkylation sites (tertiary alicyclic amines) is 1. The first-order chi connectivity index (χ1) is 18.9. The highest BCUT2D eigenvalue weighted by Crippen LogP contribution is 2.55. The second kappa shape index (κ2) is 10.1. The average molecular weight is 530 g/mol. The van der Waals surface area contributed by atoms with Crippen LogP contribution in [0.1, 0.15) is 37.7 Å². The van der Waals surface area contributed by atoms with Crippen LogP contribution >= 0.6 is 0 Å². The van der Waals surface area contributed by atoms with Crippen molar-refractivity contribution in [2.24, 2.45) is 5.41 Å². The fraction of sp³-hybridized carbons (Fsp3) is 0.419. The summed E-state index contributed by atoms with van der Waals surface area (Å²) in [6.07, 6.45) is 4.99. The number of nitrogens with one attached hydrogen (secondary N) is 1. The third-order valence-corrected chi connectivity index (χ3v) is 8.27. The molecule has 204 valence electrons. The van der Waals surface area contributed by atoms with Crippen LogP contribution in [0, 0.1) is 5.41 Å². The van der Waals surface area contributed by atoms with Gasteiger partial charge in [-0.2, -0.15) is 0 Å². The van der Waals surface area contributed by atoms with E-state index >= 15 is 0 Å². The Kier molecular flexibility index (Phi) is 6.59. The van der Waals surface area contributed by atoms with Crippen LogP contribution < -0.4 is 24.3 Å². The zero-order valence-corrected chi connectivity index (χ0v) is 22.8. The van der Waals surface area contributed by atoms with Crippen molar-refractivity contribution in [3.05, 3.63) is 60.3 Å². The molecule has 2 atom stereocenters. The maximum Gasteiger partial charge on any atom is 0.231 e. The number of amides is 1. The number of carbonyl (C=O) groups excluding carboxylic acids is 1. The fourth-order valence-electron chi connectivity index (χ4n) is 5.91. The Morgan fingerprint density at radius 1 is 1.21 bits per heavy atom. The first-order valence-corrected chi connectivity index (χ1v) is 13.6. The van der Waals surface area contributed by atoms with E-state index in [9.17, 15) is 4.79 Å². The molecule has 8 nitrogen and oxygen atoms in total. The maximum atomic E-state index is 12.3. The number of carbonyl (C=O) groups is 1. The number of methoxy groups -OCH3 is 1. The Bertz CT molecular complexity index is 1430. The molecule has 2 aromatic carbocycles. The van der Waals surface area contributed by atoms with E-state index in [4.69, 9.17) is 18.9 Å². The molecule has 3 aromatic rings. The largest absolute Gasteiger partial charge is 0.493 e. The molecular formula is C31H35N3O5. The van der Waals surface area contributed by atoms with Crippen LogP contribution in [-0.2, 0) is 4.79 Å². The summed E-state index contributed by atoms with van der Waals surface area (Å²) >= 11 is 0. The third-order valence-electron chi connectivity index (χ3n) is 8.27. The highest BCUT2D eigenvalue weighted by molar-refractivity contribution is 5.88. The summed E-state index contributed by atoms with van der Waals surface area (Å²) in [5.74, 6) is 2.81. The summed E-state index contributed by atoms with van der Waals surface area (Å²) in [7, 11) is 3.27. The molecule has 1 saturated heterocycles. The molecule has 1 amide bonds. The number of nitrogens with zero attached hydrogens (tertiary/aromatic N) is 2. The lowest BCUT2D eigenvalue weighted by Gasteiger charge is -2.17. The van der Waals surface area contributed by atoms with Crippen molar-refractivity contribution in [3.8, 4) is 28.7 Å². The van der Waals surface area contributed by atoms with Gasteiger partial charge in [0, 0.05) is 61.4 Å². The number of benzene rings is 2. The summed E-state index contributed by atoms with van der Waals surface area (Å²) < 4.78 is 24.0. The van der Waals surface area contributed by atoms with E-state index in [1.807, 2.05) is 43.3 Å². The summed E-state index contributed by atoms with van der Waals surface area (Å²) in [5, 5.41) is 3.53. The highest BCUT2D eigenvalue weighted by Gasteiger charge is 2.50. The smallest absolute Gasteiger partial charge is 0.231 e. The number of ether oxygens (including phenoxy) is 4. The van der Waals surface area contributed by atoms with Crippen LogP contribution in [0.5, 0.6) is 28.7 Å². The summed E-state index contributed by atoms with van der Waals surface area (Å²) in [5.41, 5.74) is 3.44. The molecule has 2 unspecified atom stereocenters. The highest BCUT2D eigenvalue weighted by atomic mass is 16.5. The Balaban J connectivity index is 1.15. The van der Waals surface area contributed by atoms with E-state index < -0.39 is 0 Å². The van der Waals surface area contributed by atoms with Gasteiger partial charge in [0.2, 0.25) is 5.91 Å². The monoisotopic (exact) mass is 529 g/mol. The minimum absolute atomic E-state index is 0.0613. The molecular weight excluding hydrogens is 494 g/mol. The number of pyridine rings is 1. The van der Waals surface area contributed by atoms with E-state index in [-0.39, 0.29) is 17.9 Å². The maximum absolute atomic E-state index is 12.3. The molecule has 1 N–H and O–H groups in total. The molecule has 2 fully saturated rings. The van der Waals surface area contributed by atoms with Gasteiger partial charge in [-0.25, -0.2) is 0 Å². The number of likely N-dealkylation sites (N-methyl/N-ethyl adjacent to an activating group) is 1. The number of hydrogen-bond acceptors (Lipinski definition) is 7. The zero-order chi connectivity index (χ0) is 27.1. The first kappa shape index (κ1) is 25.5. The SMILES string of the molecule is C=C1CN(CCCOc2cc3nccc(Oc4ccc5c(c4)OC(C)C5C(=O)NC)c3cc2OC)CC12CC2. The van der Waals surface area contributed by atoms with Crippen molar-refractivity contribution in [2.45, 2.75) is 38.2 Å². The van der Waals surface area contributed by atoms with E-state index in [1.165, 1.54) is 18.4 Å². The van der Waals surface area contributed by atoms with Gasteiger partial charge < -0.3 is 24.3 Å². The van der Waals surface area contributed by atoms with Gasteiger partial charge in [-0.05, 0) is 44.4 Å². The molecule has 0 bridgehead atoms. The predicted octanol–water partition coefficient (Wildman–Crippen LogP) is 5.07.